The Bertz CT molecular complexity index is 680. The summed E-state index contributed by atoms with van der Waals surface area (Å²) in [5.41, 5.74) is 3.74. The van der Waals surface area contributed by atoms with Crippen LogP contribution in [0.4, 0.5) is 4.39 Å². The number of rotatable bonds is 1. The predicted octanol–water partition coefficient (Wildman–Crippen LogP) is 3.26. The minimum Gasteiger partial charge on any atom is -0.311 e. The van der Waals surface area contributed by atoms with Crippen molar-refractivity contribution in [2.75, 3.05) is 6.54 Å². The molecule has 2 heterocycles. The molecule has 0 amide bonds. The molecule has 0 saturated heterocycles. The molecule has 3 rings (SSSR count). The average molecular weight is 287 g/mol. The number of nitrogens with one attached hydrogen (secondary N) is 1. The maximum absolute atomic E-state index is 14.4. The zero-order valence-corrected chi connectivity index (χ0v) is 13.1. The Balaban J connectivity index is 2.29. The van der Waals surface area contributed by atoms with Crippen LogP contribution in [0.2, 0.25) is 0 Å². The summed E-state index contributed by atoms with van der Waals surface area (Å²) in [6.45, 7) is 10.0. The van der Waals surface area contributed by atoms with E-state index in [4.69, 9.17) is 4.98 Å². The Morgan fingerprint density at radius 2 is 2.05 bits per heavy atom. The zero-order valence-electron chi connectivity index (χ0n) is 13.1. The molecule has 0 bridgehead atoms. The van der Waals surface area contributed by atoms with E-state index < -0.39 is 0 Å². The van der Waals surface area contributed by atoms with E-state index >= 15 is 0 Å². The second-order valence-corrected chi connectivity index (χ2v) is 6.80. The fourth-order valence-electron chi connectivity index (χ4n) is 2.87. The van der Waals surface area contributed by atoms with E-state index in [1.165, 1.54) is 0 Å². The van der Waals surface area contributed by atoms with Gasteiger partial charge in [-0.15, -0.1) is 0 Å². The summed E-state index contributed by atoms with van der Waals surface area (Å²) in [7, 11) is 0. The van der Waals surface area contributed by atoms with Crippen LogP contribution in [0.15, 0.2) is 18.2 Å². The summed E-state index contributed by atoms with van der Waals surface area (Å²) in [5, 5.41) is 3.34. The van der Waals surface area contributed by atoms with Crippen LogP contribution < -0.4 is 5.32 Å². The van der Waals surface area contributed by atoms with Crippen LogP contribution in [0.25, 0.3) is 5.69 Å². The molecule has 0 aliphatic carbocycles. The first-order chi connectivity index (χ1) is 9.88. The van der Waals surface area contributed by atoms with Crippen molar-refractivity contribution in [1.82, 2.24) is 14.9 Å². The fourth-order valence-corrected chi connectivity index (χ4v) is 2.87. The van der Waals surface area contributed by atoms with Crippen LogP contribution in [0.1, 0.15) is 43.5 Å². The lowest BCUT2D eigenvalue weighted by atomic mass is 9.95. The highest BCUT2D eigenvalue weighted by molar-refractivity contribution is 5.43. The highest BCUT2D eigenvalue weighted by Gasteiger charge is 2.28. The molecule has 0 spiro atoms. The molecule has 0 unspecified atom stereocenters. The normalized spacial score (nSPS) is 15.1. The molecule has 0 fully saturated rings. The van der Waals surface area contributed by atoms with Crippen molar-refractivity contribution >= 4 is 0 Å². The van der Waals surface area contributed by atoms with Crippen molar-refractivity contribution in [2.24, 2.45) is 0 Å². The summed E-state index contributed by atoms with van der Waals surface area (Å²) in [6, 6.07) is 5.26. The Labute approximate surface area is 125 Å². The van der Waals surface area contributed by atoms with Crippen molar-refractivity contribution in [2.45, 2.75) is 46.1 Å². The Hall–Kier alpha value is -1.68. The van der Waals surface area contributed by atoms with E-state index in [9.17, 15) is 4.39 Å². The molecule has 1 aromatic heterocycles. The number of aromatic nitrogens is 2. The van der Waals surface area contributed by atoms with E-state index in [1.54, 1.807) is 12.1 Å². The number of imidazole rings is 1. The van der Waals surface area contributed by atoms with Gasteiger partial charge in [0.15, 0.2) is 0 Å². The molecule has 112 valence electrons. The SMILES string of the molecule is Cc1ccc(F)c(-n2c(C(C)(C)C)nc3c2CCNC3)c1. The van der Waals surface area contributed by atoms with Gasteiger partial charge in [-0.2, -0.15) is 0 Å². The predicted molar refractivity (Wildman–Crippen MR) is 82.4 cm³/mol. The van der Waals surface area contributed by atoms with Crippen LogP contribution in [-0.2, 0) is 18.4 Å². The van der Waals surface area contributed by atoms with Crippen molar-refractivity contribution < 1.29 is 4.39 Å². The van der Waals surface area contributed by atoms with E-state index in [1.807, 2.05) is 17.6 Å². The topological polar surface area (TPSA) is 29.9 Å². The van der Waals surface area contributed by atoms with Crippen LogP contribution in [-0.4, -0.2) is 16.1 Å². The van der Waals surface area contributed by atoms with Crippen LogP contribution >= 0.6 is 0 Å². The van der Waals surface area contributed by atoms with Gasteiger partial charge in [0.2, 0.25) is 0 Å². The van der Waals surface area contributed by atoms with Crippen LogP contribution in [0.3, 0.4) is 0 Å². The fraction of sp³-hybridized carbons (Fsp3) is 0.471. The van der Waals surface area contributed by atoms with Crippen molar-refractivity contribution in [3.63, 3.8) is 0 Å². The van der Waals surface area contributed by atoms with E-state index in [-0.39, 0.29) is 11.2 Å². The molecule has 0 atom stereocenters. The van der Waals surface area contributed by atoms with Gasteiger partial charge in [0.05, 0.1) is 11.4 Å². The zero-order chi connectivity index (χ0) is 15.2. The first-order valence-electron chi connectivity index (χ1n) is 7.46. The molecule has 4 heteroatoms. The average Bonchev–Trinajstić information content (AvgIpc) is 2.81. The van der Waals surface area contributed by atoms with Gasteiger partial charge in [-0.3, -0.25) is 4.57 Å². The van der Waals surface area contributed by atoms with Gasteiger partial charge in [-0.05, 0) is 24.6 Å². The highest BCUT2D eigenvalue weighted by Crippen LogP contribution is 2.30. The number of aryl methyl sites for hydroxylation is 1. The monoisotopic (exact) mass is 287 g/mol. The van der Waals surface area contributed by atoms with Crippen molar-refractivity contribution in [1.29, 1.82) is 0 Å². The molecular weight excluding hydrogens is 265 g/mol. The lowest BCUT2D eigenvalue weighted by Gasteiger charge is -2.22. The largest absolute Gasteiger partial charge is 0.311 e. The van der Waals surface area contributed by atoms with E-state index in [0.717, 1.165) is 42.3 Å². The molecule has 2 aromatic rings. The summed E-state index contributed by atoms with van der Waals surface area (Å²) in [4.78, 5) is 4.80. The standard InChI is InChI=1S/C17H22FN3/c1-11-5-6-12(18)15(9-11)21-14-7-8-19-10-13(14)20-16(21)17(2,3)4/h5-6,9,19H,7-8,10H2,1-4H3. The molecule has 0 radical (unpaired) electrons. The first kappa shape index (κ1) is 14.3. The highest BCUT2D eigenvalue weighted by atomic mass is 19.1. The van der Waals surface area contributed by atoms with Gasteiger partial charge in [-0.1, -0.05) is 26.8 Å². The van der Waals surface area contributed by atoms with Crippen molar-refractivity contribution in [3.05, 3.63) is 46.8 Å². The molecule has 3 nitrogen and oxygen atoms in total. The van der Waals surface area contributed by atoms with Crippen molar-refractivity contribution in [3.8, 4) is 5.69 Å². The molecule has 1 aromatic carbocycles. The number of fused-ring (bicyclic) bond motifs is 1. The maximum atomic E-state index is 14.4. The quantitative estimate of drug-likeness (QED) is 0.872. The van der Waals surface area contributed by atoms with Gasteiger partial charge >= 0.3 is 0 Å². The maximum Gasteiger partial charge on any atom is 0.147 e. The number of halogens is 1. The Kier molecular flexibility index (Phi) is 3.36. The molecule has 1 aliphatic rings. The van der Waals surface area contributed by atoms with Crippen LogP contribution in [0, 0.1) is 12.7 Å². The Morgan fingerprint density at radius 3 is 2.76 bits per heavy atom. The molecule has 1 N–H and O–H groups in total. The third-order valence-electron chi connectivity index (χ3n) is 3.90. The van der Waals surface area contributed by atoms with E-state index in [2.05, 4.69) is 26.1 Å². The second-order valence-electron chi connectivity index (χ2n) is 6.80. The summed E-state index contributed by atoms with van der Waals surface area (Å²) < 4.78 is 16.4. The molecule has 1 aliphatic heterocycles. The lowest BCUT2D eigenvalue weighted by molar-refractivity contribution is 0.525. The third-order valence-corrected chi connectivity index (χ3v) is 3.90. The number of benzene rings is 1. The van der Waals surface area contributed by atoms with Gasteiger partial charge in [0.25, 0.3) is 0 Å². The Morgan fingerprint density at radius 1 is 1.29 bits per heavy atom. The first-order valence-corrected chi connectivity index (χ1v) is 7.46. The smallest absolute Gasteiger partial charge is 0.147 e. The molecule has 21 heavy (non-hydrogen) atoms. The molecule has 0 saturated carbocycles. The number of hydrogen-bond donors (Lipinski definition) is 1. The summed E-state index contributed by atoms with van der Waals surface area (Å²) >= 11 is 0. The summed E-state index contributed by atoms with van der Waals surface area (Å²) in [6.07, 6.45) is 0.881. The molecular formula is C17H22FN3. The minimum atomic E-state index is -0.190. The summed E-state index contributed by atoms with van der Waals surface area (Å²) in [5.74, 6) is 0.741. The number of nitrogens with zero attached hydrogens (tertiary/aromatic N) is 2. The van der Waals surface area contributed by atoms with Gasteiger partial charge in [0, 0.05) is 30.6 Å². The van der Waals surface area contributed by atoms with Gasteiger partial charge in [0.1, 0.15) is 11.6 Å². The minimum absolute atomic E-state index is 0.131. The lowest BCUT2D eigenvalue weighted by Crippen LogP contribution is -2.25. The third kappa shape index (κ3) is 2.48. The van der Waals surface area contributed by atoms with E-state index in [0.29, 0.717) is 5.69 Å². The van der Waals surface area contributed by atoms with Gasteiger partial charge in [-0.25, -0.2) is 9.37 Å². The van der Waals surface area contributed by atoms with Gasteiger partial charge < -0.3 is 5.32 Å². The number of hydrogen-bond acceptors (Lipinski definition) is 2. The van der Waals surface area contributed by atoms with Crippen LogP contribution in [0.5, 0.6) is 0 Å². The second kappa shape index (κ2) is 4.95.